The van der Waals surface area contributed by atoms with E-state index in [9.17, 15) is 9.59 Å². The van der Waals surface area contributed by atoms with Crippen LogP contribution in [0, 0.1) is 6.92 Å². The number of fused-ring (bicyclic) bond motifs is 1. The van der Waals surface area contributed by atoms with Gasteiger partial charge >= 0.3 is 0 Å². The van der Waals surface area contributed by atoms with E-state index in [1.807, 2.05) is 30.0 Å². The first-order chi connectivity index (χ1) is 14.0. The SMILES string of the molecule is COc1ccc(Cl)cc1CN1CCN(C(=O)c2oc3c(c2C)C(=O)CCC3)CC1. The summed E-state index contributed by atoms with van der Waals surface area (Å²) in [5.74, 6) is 1.79. The number of halogens is 1. The Morgan fingerprint density at radius 3 is 2.66 bits per heavy atom. The number of carbonyl (C=O) groups is 2. The molecule has 2 heterocycles. The molecule has 0 saturated carbocycles. The monoisotopic (exact) mass is 416 g/mol. The molecule has 1 aromatic carbocycles. The van der Waals surface area contributed by atoms with Crippen LogP contribution in [-0.2, 0) is 13.0 Å². The number of amides is 1. The lowest BCUT2D eigenvalue weighted by Gasteiger charge is -2.34. The van der Waals surface area contributed by atoms with Gasteiger partial charge in [0.15, 0.2) is 11.5 Å². The number of carbonyl (C=O) groups excluding carboxylic acids is 2. The lowest BCUT2D eigenvalue weighted by molar-refractivity contribution is 0.0593. The average molecular weight is 417 g/mol. The van der Waals surface area contributed by atoms with E-state index in [-0.39, 0.29) is 11.7 Å². The lowest BCUT2D eigenvalue weighted by Crippen LogP contribution is -2.48. The number of aryl methyl sites for hydroxylation is 1. The Morgan fingerprint density at radius 2 is 1.97 bits per heavy atom. The number of hydrogen-bond donors (Lipinski definition) is 0. The third-order valence-corrected chi connectivity index (χ3v) is 6.03. The molecule has 0 N–H and O–H groups in total. The zero-order valence-electron chi connectivity index (χ0n) is 16.8. The minimum absolute atomic E-state index is 0.0897. The topological polar surface area (TPSA) is 63.0 Å². The molecule has 0 spiro atoms. The van der Waals surface area contributed by atoms with Crippen molar-refractivity contribution in [2.75, 3.05) is 33.3 Å². The van der Waals surface area contributed by atoms with Crippen LogP contribution in [0.15, 0.2) is 22.6 Å². The molecule has 0 radical (unpaired) electrons. The summed E-state index contributed by atoms with van der Waals surface area (Å²) in [6.45, 7) is 5.26. The van der Waals surface area contributed by atoms with Gasteiger partial charge in [-0.25, -0.2) is 0 Å². The number of hydrogen-bond acceptors (Lipinski definition) is 5. The van der Waals surface area contributed by atoms with Gasteiger partial charge in [0.25, 0.3) is 5.91 Å². The van der Waals surface area contributed by atoms with E-state index in [4.69, 9.17) is 20.8 Å². The summed E-state index contributed by atoms with van der Waals surface area (Å²) in [7, 11) is 1.65. The van der Waals surface area contributed by atoms with Crippen LogP contribution >= 0.6 is 11.6 Å². The third-order valence-electron chi connectivity index (χ3n) is 5.80. The summed E-state index contributed by atoms with van der Waals surface area (Å²) in [4.78, 5) is 29.3. The number of benzene rings is 1. The van der Waals surface area contributed by atoms with Crippen LogP contribution in [0.4, 0.5) is 0 Å². The second-order valence-electron chi connectivity index (χ2n) is 7.66. The van der Waals surface area contributed by atoms with Gasteiger partial charge < -0.3 is 14.1 Å². The number of ether oxygens (including phenoxy) is 1. The molecule has 1 aliphatic carbocycles. The summed E-state index contributed by atoms with van der Waals surface area (Å²) in [5.41, 5.74) is 2.36. The molecule has 1 fully saturated rings. The van der Waals surface area contributed by atoms with Crippen molar-refractivity contribution in [3.8, 4) is 5.75 Å². The van der Waals surface area contributed by atoms with E-state index in [0.29, 0.717) is 53.7 Å². The molecule has 2 aliphatic rings. The second kappa shape index (κ2) is 8.20. The smallest absolute Gasteiger partial charge is 0.289 e. The highest BCUT2D eigenvalue weighted by molar-refractivity contribution is 6.30. The summed E-state index contributed by atoms with van der Waals surface area (Å²) >= 11 is 6.13. The summed E-state index contributed by atoms with van der Waals surface area (Å²) in [6, 6.07) is 5.61. The van der Waals surface area contributed by atoms with Crippen LogP contribution in [0.2, 0.25) is 5.02 Å². The van der Waals surface area contributed by atoms with E-state index >= 15 is 0 Å². The number of Topliss-reactive ketones (excluding diaryl/α,β-unsaturated/α-hetero) is 1. The first-order valence-electron chi connectivity index (χ1n) is 9.97. The van der Waals surface area contributed by atoms with Gasteiger partial charge in [0.05, 0.1) is 12.7 Å². The molecule has 154 valence electrons. The van der Waals surface area contributed by atoms with Crippen molar-refractivity contribution in [3.63, 3.8) is 0 Å². The Bertz CT molecular complexity index is 945. The summed E-state index contributed by atoms with van der Waals surface area (Å²) < 4.78 is 11.3. The minimum Gasteiger partial charge on any atom is -0.496 e. The van der Waals surface area contributed by atoms with E-state index < -0.39 is 0 Å². The van der Waals surface area contributed by atoms with Crippen molar-refractivity contribution < 1.29 is 18.7 Å². The zero-order chi connectivity index (χ0) is 20.5. The first-order valence-corrected chi connectivity index (χ1v) is 10.3. The van der Waals surface area contributed by atoms with Gasteiger partial charge in [0.2, 0.25) is 0 Å². The molecule has 0 bridgehead atoms. The fourth-order valence-corrected chi connectivity index (χ4v) is 4.41. The minimum atomic E-state index is -0.121. The second-order valence-corrected chi connectivity index (χ2v) is 8.09. The van der Waals surface area contributed by atoms with Crippen molar-refractivity contribution in [2.24, 2.45) is 0 Å². The van der Waals surface area contributed by atoms with Crippen LogP contribution in [0.1, 0.15) is 50.6 Å². The Balaban J connectivity index is 1.42. The van der Waals surface area contributed by atoms with Gasteiger partial charge in [-0.2, -0.15) is 0 Å². The highest BCUT2D eigenvalue weighted by atomic mass is 35.5. The normalized spacial score (nSPS) is 17.3. The highest BCUT2D eigenvalue weighted by Crippen LogP contribution is 2.30. The largest absolute Gasteiger partial charge is 0.496 e. The van der Waals surface area contributed by atoms with Crippen molar-refractivity contribution in [3.05, 3.63) is 51.4 Å². The van der Waals surface area contributed by atoms with Gasteiger partial charge in [-0.05, 0) is 31.5 Å². The van der Waals surface area contributed by atoms with Gasteiger partial charge in [-0.3, -0.25) is 14.5 Å². The summed E-state index contributed by atoms with van der Waals surface area (Å²) in [6.07, 6.45) is 2.05. The number of furan rings is 1. The van der Waals surface area contributed by atoms with Gasteiger partial charge in [0.1, 0.15) is 11.5 Å². The highest BCUT2D eigenvalue weighted by Gasteiger charge is 2.32. The fourth-order valence-electron chi connectivity index (χ4n) is 4.22. The van der Waals surface area contributed by atoms with Crippen LogP contribution in [0.25, 0.3) is 0 Å². The van der Waals surface area contributed by atoms with Gasteiger partial charge in [0, 0.05) is 61.7 Å². The van der Waals surface area contributed by atoms with Crippen molar-refractivity contribution in [1.82, 2.24) is 9.80 Å². The molecular weight excluding hydrogens is 392 g/mol. The number of methoxy groups -OCH3 is 1. The Morgan fingerprint density at radius 1 is 1.21 bits per heavy atom. The van der Waals surface area contributed by atoms with Crippen LogP contribution < -0.4 is 4.74 Å². The number of ketones is 1. The van der Waals surface area contributed by atoms with Crippen LogP contribution in [-0.4, -0.2) is 54.8 Å². The van der Waals surface area contributed by atoms with Gasteiger partial charge in [-0.15, -0.1) is 0 Å². The molecule has 6 nitrogen and oxygen atoms in total. The zero-order valence-corrected chi connectivity index (χ0v) is 17.6. The Hall–Kier alpha value is -2.31. The third kappa shape index (κ3) is 3.91. The first kappa shape index (κ1) is 20.0. The van der Waals surface area contributed by atoms with Crippen LogP contribution in [0.3, 0.4) is 0 Å². The molecule has 0 atom stereocenters. The molecule has 1 amide bonds. The number of nitrogens with zero attached hydrogens (tertiary/aromatic N) is 2. The average Bonchev–Trinajstić information content (AvgIpc) is 3.06. The predicted octanol–water partition coefficient (Wildman–Crippen LogP) is 3.73. The maximum Gasteiger partial charge on any atom is 0.289 e. The summed E-state index contributed by atoms with van der Waals surface area (Å²) in [5, 5.41) is 0.682. The van der Waals surface area contributed by atoms with Gasteiger partial charge in [-0.1, -0.05) is 11.6 Å². The standard InChI is InChI=1S/C22H25ClN2O4/c1-14-20-17(26)4-3-5-19(20)29-21(14)22(27)25-10-8-24(9-11-25)13-15-12-16(23)6-7-18(15)28-2/h6-7,12H,3-5,8-11,13H2,1-2H3. The maximum atomic E-state index is 13.0. The van der Waals surface area contributed by atoms with Crippen molar-refractivity contribution >= 4 is 23.3 Å². The van der Waals surface area contributed by atoms with E-state index in [1.165, 1.54) is 0 Å². The maximum absolute atomic E-state index is 13.0. The molecule has 2 aromatic rings. The van der Waals surface area contributed by atoms with E-state index in [1.54, 1.807) is 7.11 Å². The molecule has 29 heavy (non-hydrogen) atoms. The number of rotatable bonds is 4. The molecular formula is C22H25ClN2O4. The fraction of sp³-hybridized carbons (Fsp3) is 0.455. The van der Waals surface area contributed by atoms with Crippen LogP contribution in [0.5, 0.6) is 5.75 Å². The van der Waals surface area contributed by atoms with E-state index in [2.05, 4.69) is 4.90 Å². The molecule has 1 aliphatic heterocycles. The van der Waals surface area contributed by atoms with Crippen molar-refractivity contribution in [2.45, 2.75) is 32.7 Å². The molecule has 1 aromatic heterocycles. The lowest BCUT2D eigenvalue weighted by atomic mass is 9.94. The number of piperazine rings is 1. The quantitative estimate of drug-likeness (QED) is 0.760. The Kier molecular flexibility index (Phi) is 5.65. The molecule has 7 heteroatoms. The molecule has 1 saturated heterocycles. The van der Waals surface area contributed by atoms with Crippen molar-refractivity contribution in [1.29, 1.82) is 0 Å². The molecule has 4 rings (SSSR count). The predicted molar refractivity (Wildman–Crippen MR) is 110 cm³/mol. The van der Waals surface area contributed by atoms with E-state index in [0.717, 1.165) is 37.2 Å². The molecule has 0 unspecified atom stereocenters. The Labute approximate surface area is 175 Å².